The summed E-state index contributed by atoms with van der Waals surface area (Å²) in [6.07, 6.45) is 2.02. The summed E-state index contributed by atoms with van der Waals surface area (Å²) in [5.74, 6) is -1.61. The van der Waals surface area contributed by atoms with Gasteiger partial charge in [-0.15, -0.1) is 0 Å². The number of hydrogen-bond acceptors (Lipinski definition) is 5. The van der Waals surface area contributed by atoms with E-state index in [2.05, 4.69) is 0 Å². The molecule has 1 amide bonds. The molecule has 0 saturated carbocycles. The number of hydrogen-bond donors (Lipinski definition) is 1. The van der Waals surface area contributed by atoms with E-state index in [1.807, 2.05) is 0 Å². The smallest absolute Gasteiger partial charge is 0.306 e. The van der Waals surface area contributed by atoms with Gasteiger partial charge in [-0.05, 0) is 18.9 Å². The van der Waals surface area contributed by atoms with Crippen molar-refractivity contribution in [2.75, 3.05) is 39.4 Å². The Kier molecular flexibility index (Phi) is 5.35. The van der Waals surface area contributed by atoms with E-state index in [-0.39, 0.29) is 23.9 Å². The Labute approximate surface area is 152 Å². The maximum atomic E-state index is 12.8. The highest BCUT2D eigenvalue weighted by atomic mass is 32.2. The first-order valence-electron chi connectivity index (χ1n) is 8.57. The number of nitrogens with zero attached hydrogens (tertiary/aromatic N) is 3. The van der Waals surface area contributed by atoms with E-state index in [0.717, 1.165) is 0 Å². The van der Waals surface area contributed by atoms with Gasteiger partial charge in [0, 0.05) is 39.4 Å². The Bertz CT molecular complexity index is 789. The van der Waals surface area contributed by atoms with Crippen LogP contribution in [0, 0.1) is 5.92 Å². The molecular formula is C16H23N3O6S. The lowest BCUT2D eigenvalue weighted by atomic mass is 9.99. The summed E-state index contributed by atoms with van der Waals surface area (Å²) in [7, 11) is -2.11. The Hall–Kier alpha value is -1.91. The number of carboxylic acid groups (broad SMARTS) is 1. The summed E-state index contributed by atoms with van der Waals surface area (Å²) in [6, 6.07) is 1.40. The maximum Gasteiger partial charge on any atom is 0.306 e. The first-order chi connectivity index (χ1) is 12.3. The highest BCUT2D eigenvalue weighted by Crippen LogP contribution is 2.25. The van der Waals surface area contributed by atoms with Crippen LogP contribution in [0.1, 0.15) is 23.3 Å². The lowest BCUT2D eigenvalue weighted by molar-refractivity contribution is -0.142. The van der Waals surface area contributed by atoms with Crippen LogP contribution in [0.4, 0.5) is 0 Å². The number of amides is 1. The van der Waals surface area contributed by atoms with Gasteiger partial charge in [0.15, 0.2) is 0 Å². The van der Waals surface area contributed by atoms with Gasteiger partial charge in [-0.1, -0.05) is 0 Å². The first-order valence-corrected chi connectivity index (χ1v) is 10.0. The molecule has 1 aromatic rings. The molecule has 0 atom stereocenters. The number of piperidine rings is 1. The predicted octanol–water partition coefficient (Wildman–Crippen LogP) is -0.0172. The van der Waals surface area contributed by atoms with E-state index >= 15 is 0 Å². The Morgan fingerprint density at radius 1 is 1.15 bits per heavy atom. The second-order valence-corrected chi connectivity index (χ2v) is 8.53. The number of carbonyl (C=O) groups excluding carboxylic acids is 1. The number of rotatable bonds is 4. The van der Waals surface area contributed by atoms with Crippen molar-refractivity contribution in [3.8, 4) is 0 Å². The lowest BCUT2D eigenvalue weighted by Gasteiger charge is -2.28. The van der Waals surface area contributed by atoms with E-state index in [1.54, 1.807) is 11.9 Å². The van der Waals surface area contributed by atoms with Crippen molar-refractivity contribution in [1.82, 2.24) is 13.8 Å². The van der Waals surface area contributed by atoms with Crippen molar-refractivity contribution in [3.63, 3.8) is 0 Å². The standard InChI is InChI=1S/C16H23N3O6S/c1-17-11-13(10-14(17)15(20)18-6-8-25-9-7-18)26(23,24)19-4-2-12(3-5-19)16(21)22/h10-12H,2-9H2,1H3,(H,21,22). The van der Waals surface area contributed by atoms with E-state index in [1.165, 1.54) is 21.1 Å². The molecule has 0 spiro atoms. The third kappa shape index (κ3) is 3.62. The van der Waals surface area contributed by atoms with Gasteiger partial charge in [0.1, 0.15) is 10.6 Å². The molecule has 3 heterocycles. The Morgan fingerprint density at radius 2 is 1.77 bits per heavy atom. The number of carbonyl (C=O) groups is 2. The molecule has 10 heteroatoms. The fourth-order valence-corrected chi connectivity index (χ4v) is 4.85. The van der Waals surface area contributed by atoms with Crippen LogP contribution in [0.15, 0.2) is 17.2 Å². The molecule has 2 saturated heterocycles. The molecule has 3 rings (SSSR count). The molecule has 2 aliphatic rings. The van der Waals surface area contributed by atoms with Gasteiger partial charge in [0.25, 0.3) is 5.91 Å². The van der Waals surface area contributed by atoms with Gasteiger partial charge in [-0.3, -0.25) is 9.59 Å². The van der Waals surface area contributed by atoms with E-state index in [0.29, 0.717) is 44.8 Å². The summed E-state index contributed by atoms with van der Waals surface area (Å²) in [6.45, 7) is 2.24. The minimum Gasteiger partial charge on any atom is -0.481 e. The highest BCUT2D eigenvalue weighted by molar-refractivity contribution is 7.89. The summed E-state index contributed by atoms with van der Waals surface area (Å²) in [4.78, 5) is 25.4. The van der Waals surface area contributed by atoms with Crippen LogP contribution in [0.2, 0.25) is 0 Å². The van der Waals surface area contributed by atoms with Crippen LogP contribution in [0.3, 0.4) is 0 Å². The fourth-order valence-electron chi connectivity index (χ4n) is 3.31. The van der Waals surface area contributed by atoms with Crippen LogP contribution in [-0.4, -0.2) is 78.6 Å². The first kappa shape index (κ1) is 18.9. The van der Waals surface area contributed by atoms with Gasteiger partial charge >= 0.3 is 5.97 Å². The SMILES string of the molecule is Cn1cc(S(=O)(=O)N2CCC(C(=O)O)CC2)cc1C(=O)N1CCOCC1. The van der Waals surface area contributed by atoms with E-state index in [4.69, 9.17) is 9.84 Å². The minimum atomic E-state index is -3.75. The second-order valence-electron chi connectivity index (χ2n) is 6.59. The molecule has 0 aromatic carbocycles. The molecule has 9 nitrogen and oxygen atoms in total. The number of morpholine rings is 1. The fraction of sp³-hybridized carbons (Fsp3) is 0.625. The highest BCUT2D eigenvalue weighted by Gasteiger charge is 2.33. The molecule has 0 aliphatic carbocycles. The van der Waals surface area contributed by atoms with Gasteiger partial charge in [0.2, 0.25) is 10.0 Å². The zero-order chi connectivity index (χ0) is 18.9. The van der Waals surface area contributed by atoms with Crippen LogP contribution in [0.25, 0.3) is 0 Å². The third-order valence-electron chi connectivity index (χ3n) is 4.94. The minimum absolute atomic E-state index is 0.0605. The van der Waals surface area contributed by atoms with Gasteiger partial charge in [0.05, 0.1) is 19.1 Å². The third-order valence-corrected chi connectivity index (χ3v) is 6.80. The van der Waals surface area contributed by atoms with Crippen molar-refractivity contribution in [1.29, 1.82) is 0 Å². The average molecular weight is 385 g/mol. The average Bonchev–Trinajstić information content (AvgIpc) is 3.04. The summed E-state index contributed by atoms with van der Waals surface area (Å²) in [5.41, 5.74) is 0.311. The zero-order valence-electron chi connectivity index (χ0n) is 14.6. The van der Waals surface area contributed by atoms with Gasteiger partial charge in [-0.2, -0.15) is 4.31 Å². The summed E-state index contributed by atoms with van der Waals surface area (Å²) >= 11 is 0. The van der Waals surface area contributed by atoms with Crippen molar-refractivity contribution in [3.05, 3.63) is 18.0 Å². The molecule has 0 radical (unpaired) electrons. The topological polar surface area (TPSA) is 109 Å². The number of carboxylic acids is 1. The monoisotopic (exact) mass is 385 g/mol. The van der Waals surface area contributed by atoms with Crippen LogP contribution < -0.4 is 0 Å². The quantitative estimate of drug-likeness (QED) is 0.780. The molecule has 2 fully saturated rings. The zero-order valence-corrected chi connectivity index (χ0v) is 15.4. The van der Waals surface area contributed by atoms with Crippen LogP contribution in [0.5, 0.6) is 0 Å². The molecule has 26 heavy (non-hydrogen) atoms. The van der Waals surface area contributed by atoms with Crippen LogP contribution in [-0.2, 0) is 26.6 Å². The Morgan fingerprint density at radius 3 is 2.35 bits per heavy atom. The Balaban J connectivity index is 1.77. The lowest BCUT2D eigenvalue weighted by Crippen LogP contribution is -2.41. The molecule has 1 aromatic heterocycles. The van der Waals surface area contributed by atoms with Crippen molar-refractivity contribution >= 4 is 21.9 Å². The van der Waals surface area contributed by atoms with Gasteiger partial charge < -0.3 is 19.3 Å². The summed E-state index contributed by atoms with van der Waals surface area (Å²) < 4.78 is 33.8. The summed E-state index contributed by atoms with van der Waals surface area (Å²) in [5, 5.41) is 9.05. The molecule has 1 N–H and O–H groups in total. The maximum absolute atomic E-state index is 12.8. The van der Waals surface area contributed by atoms with Crippen molar-refractivity contribution < 1.29 is 27.9 Å². The van der Waals surface area contributed by atoms with E-state index in [9.17, 15) is 18.0 Å². The molecular weight excluding hydrogens is 362 g/mol. The second kappa shape index (κ2) is 7.37. The number of aromatic nitrogens is 1. The number of aliphatic carboxylic acids is 1. The largest absolute Gasteiger partial charge is 0.481 e. The van der Waals surface area contributed by atoms with Crippen molar-refractivity contribution in [2.45, 2.75) is 17.7 Å². The molecule has 144 valence electrons. The number of ether oxygens (including phenoxy) is 1. The van der Waals surface area contributed by atoms with Gasteiger partial charge in [-0.25, -0.2) is 8.42 Å². The van der Waals surface area contributed by atoms with Crippen molar-refractivity contribution in [2.24, 2.45) is 13.0 Å². The molecule has 0 bridgehead atoms. The molecule has 2 aliphatic heterocycles. The predicted molar refractivity (Wildman–Crippen MR) is 91.3 cm³/mol. The number of aryl methyl sites for hydroxylation is 1. The normalized spacial score (nSPS) is 20.3. The molecule has 0 unspecified atom stereocenters. The van der Waals surface area contributed by atoms with E-state index < -0.39 is 21.9 Å². The van der Waals surface area contributed by atoms with Crippen LogP contribution >= 0.6 is 0 Å². The number of sulfonamides is 1.